The molecule has 2 aromatic carbocycles. The Labute approximate surface area is 405 Å². The number of unbranched alkanes of at least 4 members (excludes halogenated alkanes) is 5. The molecule has 0 unspecified atom stereocenters. The second-order valence-electron chi connectivity index (χ2n) is 15.8. The number of ketones is 2. The molecule has 22 heteroatoms. The summed E-state index contributed by atoms with van der Waals surface area (Å²) in [5.41, 5.74) is 30.7. The molecule has 0 saturated heterocycles. The van der Waals surface area contributed by atoms with Crippen molar-refractivity contribution in [3.8, 4) is 11.5 Å². The van der Waals surface area contributed by atoms with Crippen LogP contribution >= 0.6 is 23.2 Å². The summed E-state index contributed by atoms with van der Waals surface area (Å²) in [6.45, 7) is 2.04. The van der Waals surface area contributed by atoms with Crippen LogP contribution in [0.3, 0.4) is 0 Å². The van der Waals surface area contributed by atoms with Crippen LogP contribution in [0.2, 0.25) is 10.3 Å². The van der Waals surface area contributed by atoms with Crippen molar-refractivity contribution in [2.75, 3.05) is 55.8 Å². The van der Waals surface area contributed by atoms with Crippen LogP contribution in [0.4, 0.5) is 28.1 Å². The van der Waals surface area contributed by atoms with E-state index in [1.165, 1.54) is 5.56 Å². The van der Waals surface area contributed by atoms with Crippen LogP contribution in [0, 0.1) is 5.41 Å². The van der Waals surface area contributed by atoms with E-state index in [2.05, 4.69) is 40.9 Å². The van der Waals surface area contributed by atoms with E-state index in [4.69, 9.17) is 66.8 Å². The summed E-state index contributed by atoms with van der Waals surface area (Å²) in [7, 11) is 0. The number of ether oxygens (including phenoxy) is 2. The number of carbonyl (C=O) groups excluding carboxylic acids is 4. The zero-order valence-electron chi connectivity index (χ0n) is 38.1. The fourth-order valence-electron chi connectivity index (χ4n) is 6.63. The monoisotopic (exact) mass is 976 g/mol. The quantitative estimate of drug-likeness (QED) is 0.0125. The SMILES string of the molecule is N=C(CCCCCc1ccc(OCCCC(=O)CCCCCNC(=O)NCCOc2ccc(CCCCN=C(N)NC(=O)c3nc(Cl)c(N)nc3N)cc2)cc1)CC(=O)c1nc(Cl)c(N)nc1N. The zero-order valence-corrected chi connectivity index (χ0v) is 39.6. The van der Waals surface area contributed by atoms with Crippen molar-refractivity contribution in [1.82, 2.24) is 35.9 Å². The Morgan fingerprint density at radius 3 is 1.78 bits per heavy atom. The standard InChI is InChI=1S/C46H62Cl2N14O6/c47-38-42(52)60-40(50)36(58-38)35(64)28-31(49)12-4-1-3-10-29-15-19-33(20-16-29)67-26-9-14-32(63)13-5-2-7-24-56-46(66)57-25-27-68-34-21-17-30(18-22-34)11-6-8-23-55-45(54)62-44(65)37-41(51)61-43(53)39(48)59-37/h15-22,49H,1-14,23-28H2,(H4,50,52,60)(H4,51,53,61)(H2,56,57,66)(H3,54,55,62,65). The molecule has 0 atom stereocenters. The van der Waals surface area contributed by atoms with Crippen molar-refractivity contribution in [2.45, 2.75) is 96.3 Å². The van der Waals surface area contributed by atoms with Gasteiger partial charge in [-0.1, -0.05) is 60.3 Å². The molecule has 0 aliphatic rings. The molecule has 0 aliphatic carbocycles. The highest BCUT2D eigenvalue weighted by Crippen LogP contribution is 2.21. The van der Waals surface area contributed by atoms with Crippen LogP contribution in [0.15, 0.2) is 53.5 Å². The van der Waals surface area contributed by atoms with Gasteiger partial charge in [-0.2, -0.15) is 0 Å². The van der Waals surface area contributed by atoms with Gasteiger partial charge in [0.25, 0.3) is 5.91 Å². The zero-order chi connectivity index (χ0) is 49.3. The van der Waals surface area contributed by atoms with Crippen molar-refractivity contribution >= 4 is 81.6 Å². The van der Waals surface area contributed by atoms with Crippen LogP contribution < -0.4 is 54.1 Å². The predicted molar refractivity (Wildman–Crippen MR) is 265 cm³/mol. The minimum Gasteiger partial charge on any atom is -0.494 e. The summed E-state index contributed by atoms with van der Waals surface area (Å²) in [5.74, 6) is 0.105. The topological polar surface area (TPSA) is 341 Å². The van der Waals surface area contributed by atoms with Crippen LogP contribution in [0.1, 0.15) is 116 Å². The number of halogens is 2. The Morgan fingerprint density at radius 2 is 1.13 bits per heavy atom. The van der Waals surface area contributed by atoms with Crippen molar-refractivity contribution in [2.24, 2.45) is 10.7 Å². The molecule has 366 valence electrons. The highest BCUT2D eigenvalue weighted by Gasteiger charge is 2.18. The van der Waals surface area contributed by atoms with Crippen molar-refractivity contribution in [3.63, 3.8) is 0 Å². The predicted octanol–water partition coefficient (Wildman–Crippen LogP) is 6.03. The molecule has 0 aliphatic heterocycles. The van der Waals surface area contributed by atoms with E-state index < -0.39 is 11.7 Å². The van der Waals surface area contributed by atoms with Gasteiger partial charge in [0.05, 0.1) is 19.6 Å². The third-order valence-electron chi connectivity index (χ3n) is 10.3. The number of aryl methyl sites for hydroxylation is 2. The number of amides is 3. The maximum atomic E-state index is 12.5. The third-order valence-corrected chi connectivity index (χ3v) is 10.9. The number of guanidine groups is 1. The Balaban J connectivity index is 0.925. The van der Waals surface area contributed by atoms with E-state index in [0.29, 0.717) is 70.0 Å². The molecule has 2 heterocycles. The molecule has 20 nitrogen and oxygen atoms in total. The Bertz CT molecular complexity index is 2340. The molecule has 0 saturated carbocycles. The molecule has 4 rings (SSSR count). The third kappa shape index (κ3) is 20.0. The summed E-state index contributed by atoms with van der Waals surface area (Å²) < 4.78 is 11.6. The van der Waals surface area contributed by atoms with Gasteiger partial charge in [-0.25, -0.2) is 24.7 Å². The lowest BCUT2D eigenvalue weighted by Crippen LogP contribution is -2.38. The highest BCUT2D eigenvalue weighted by atomic mass is 35.5. The van der Waals surface area contributed by atoms with Gasteiger partial charge in [-0.3, -0.25) is 24.7 Å². The number of benzene rings is 2. The fourth-order valence-corrected chi connectivity index (χ4v) is 6.89. The molecule has 0 spiro atoms. The fraction of sp³-hybridized carbons (Fsp3) is 0.435. The molecule has 0 bridgehead atoms. The number of aromatic nitrogens is 4. The number of nitrogen functional groups attached to an aromatic ring is 4. The van der Waals surface area contributed by atoms with Gasteiger partial charge in [-0.05, 0) is 99.6 Å². The number of carbonyl (C=O) groups is 4. The number of Topliss-reactive ketones (excluding diaryl/α,β-unsaturated/α-hetero) is 2. The van der Waals surface area contributed by atoms with E-state index in [1.807, 2.05) is 48.5 Å². The van der Waals surface area contributed by atoms with Crippen LogP contribution in [0.25, 0.3) is 0 Å². The molecule has 4 aromatic rings. The number of hydrogen-bond acceptors (Lipinski definition) is 16. The molecule has 0 radical (unpaired) electrons. The Morgan fingerprint density at radius 1 is 0.603 bits per heavy atom. The van der Waals surface area contributed by atoms with Gasteiger partial charge in [0, 0.05) is 31.6 Å². The molecule has 68 heavy (non-hydrogen) atoms. The average molecular weight is 978 g/mol. The van der Waals surface area contributed by atoms with Gasteiger partial charge in [-0.15, -0.1) is 0 Å². The summed E-state index contributed by atoms with van der Waals surface area (Å²) >= 11 is 11.7. The number of hydrogen-bond donors (Lipinski definition) is 9. The van der Waals surface area contributed by atoms with E-state index in [1.54, 1.807) is 0 Å². The molecule has 2 aromatic heterocycles. The second kappa shape index (κ2) is 29.1. The lowest BCUT2D eigenvalue weighted by atomic mass is 10.0. The van der Waals surface area contributed by atoms with E-state index in [0.717, 1.165) is 75.5 Å². The smallest absolute Gasteiger partial charge is 0.314 e. The number of anilines is 4. The maximum absolute atomic E-state index is 12.5. The van der Waals surface area contributed by atoms with Crippen LogP contribution in [0.5, 0.6) is 11.5 Å². The van der Waals surface area contributed by atoms with Crippen molar-refractivity contribution in [1.29, 1.82) is 5.41 Å². The average Bonchev–Trinajstić information content (AvgIpc) is 3.30. The first-order chi connectivity index (χ1) is 32.7. The number of urea groups is 1. The summed E-state index contributed by atoms with van der Waals surface area (Å²) in [6, 6.07) is 15.4. The van der Waals surface area contributed by atoms with Crippen LogP contribution in [-0.4, -0.2) is 88.0 Å². The van der Waals surface area contributed by atoms with Gasteiger partial charge >= 0.3 is 6.03 Å². The largest absolute Gasteiger partial charge is 0.494 e. The molecular weight excluding hydrogens is 916 g/mol. The molecule has 3 amide bonds. The van der Waals surface area contributed by atoms with Crippen LogP contribution in [-0.2, 0) is 17.6 Å². The van der Waals surface area contributed by atoms with Crippen molar-refractivity contribution in [3.05, 3.63) is 81.4 Å². The minimum absolute atomic E-state index is 0.0432. The lowest BCUT2D eigenvalue weighted by molar-refractivity contribution is -0.119. The number of aliphatic imine (C=N–C) groups is 1. The second-order valence-corrected chi connectivity index (χ2v) is 16.5. The summed E-state index contributed by atoms with van der Waals surface area (Å²) in [4.78, 5) is 68.9. The van der Waals surface area contributed by atoms with E-state index in [9.17, 15) is 19.2 Å². The summed E-state index contributed by atoms with van der Waals surface area (Å²) in [5, 5.41) is 16.0. The number of nitrogens with one attached hydrogen (secondary N) is 4. The van der Waals surface area contributed by atoms with Gasteiger partial charge in [0.15, 0.2) is 56.7 Å². The van der Waals surface area contributed by atoms with E-state index >= 15 is 0 Å². The highest BCUT2D eigenvalue weighted by molar-refractivity contribution is 6.32. The minimum atomic E-state index is -0.690. The first-order valence-corrected chi connectivity index (χ1v) is 23.3. The normalized spacial score (nSPS) is 11.2. The van der Waals surface area contributed by atoms with Crippen molar-refractivity contribution < 1.29 is 28.7 Å². The molecule has 0 fully saturated rings. The Hall–Kier alpha value is -6.80. The van der Waals surface area contributed by atoms with Gasteiger partial charge < -0.3 is 54.2 Å². The summed E-state index contributed by atoms with van der Waals surface area (Å²) in [6.07, 6.45) is 10.3. The Kier molecular flexibility index (Phi) is 23.0. The number of nitrogens with zero attached hydrogens (tertiary/aromatic N) is 5. The lowest BCUT2D eigenvalue weighted by Gasteiger charge is -2.10. The molecular formula is C46H62Cl2N14O6. The van der Waals surface area contributed by atoms with Gasteiger partial charge in [0.1, 0.15) is 23.9 Å². The maximum Gasteiger partial charge on any atom is 0.314 e. The number of rotatable bonds is 30. The van der Waals surface area contributed by atoms with Gasteiger partial charge in [0.2, 0.25) is 0 Å². The van der Waals surface area contributed by atoms with E-state index in [-0.39, 0.29) is 69.2 Å². The number of nitrogens with two attached hydrogens (primary N) is 5. The molecule has 14 N–H and O–H groups in total. The first kappa shape index (κ1) is 53.8. The first-order valence-electron chi connectivity index (χ1n) is 22.5.